The molecule has 0 heterocycles. The number of nitrogens with one attached hydrogen (secondary N) is 1. The summed E-state index contributed by atoms with van der Waals surface area (Å²) >= 11 is 0. The second-order valence-corrected chi connectivity index (χ2v) is 5.61. The van der Waals surface area contributed by atoms with Crippen LogP contribution in [0.1, 0.15) is 49.4 Å². The quantitative estimate of drug-likeness (QED) is 0.741. The van der Waals surface area contributed by atoms with Gasteiger partial charge in [0.2, 0.25) is 5.91 Å². The average molecular weight is 277 g/mol. The van der Waals surface area contributed by atoms with Crippen LogP contribution >= 0.6 is 0 Å². The van der Waals surface area contributed by atoms with Gasteiger partial charge in [-0.05, 0) is 31.0 Å². The van der Waals surface area contributed by atoms with Crippen molar-refractivity contribution in [2.24, 2.45) is 5.41 Å². The fraction of sp³-hybridized carbons (Fsp3) is 0.467. The van der Waals surface area contributed by atoms with Crippen LogP contribution in [0, 0.1) is 5.41 Å². The highest BCUT2D eigenvalue weighted by Gasteiger charge is 2.34. The summed E-state index contributed by atoms with van der Waals surface area (Å²) in [6.07, 6.45) is 4.94. The fourth-order valence-corrected chi connectivity index (χ4v) is 2.63. The number of carbonyl (C=O) groups is 2. The number of hydrogen-bond acceptors (Lipinski definition) is 3. The van der Waals surface area contributed by atoms with Gasteiger partial charge in [0.1, 0.15) is 11.3 Å². The summed E-state index contributed by atoms with van der Waals surface area (Å²) in [7, 11) is 0. The third-order valence-corrected chi connectivity index (χ3v) is 3.99. The monoisotopic (exact) mass is 277 g/mol. The van der Waals surface area contributed by atoms with E-state index in [4.69, 9.17) is 5.11 Å². The first-order valence-corrected chi connectivity index (χ1v) is 6.80. The zero-order valence-corrected chi connectivity index (χ0v) is 11.5. The number of amides is 1. The van der Waals surface area contributed by atoms with Gasteiger partial charge in [-0.3, -0.25) is 4.79 Å². The summed E-state index contributed by atoms with van der Waals surface area (Å²) in [5, 5.41) is 21.2. The maximum absolute atomic E-state index is 12.3. The fourth-order valence-electron chi connectivity index (χ4n) is 2.63. The topological polar surface area (TPSA) is 86.6 Å². The first kappa shape index (κ1) is 14.4. The van der Waals surface area contributed by atoms with E-state index in [1.54, 1.807) is 0 Å². The van der Waals surface area contributed by atoms with Crippen molar-refractivity contribution >= 4 is 17.6 Å². The Kier molecular flexibility index (Phi) is 3.97. The minimum absolute atomic E-state index is 0.0840. The molecule has 0 unspecified atom stereocenters. The van der Waals surface area contributed by atoms with Crippen molar-refractivity contribution in [2.75, 3.05) is 5.32 Å². The Balaban J connectivity index is 2.15. The normalized spacial score (nSPS) is 17.4. The molecule has 0 bridgehead atoms. The van der Waals surface area contributed by atoms with Gasteiger partial charge < -0.3 is 15.5 Å². The minimum Gasteiger partial charge on any atom is -0.507 e. The molecular weight excluding hydrogens is 258 g/mol. The Morgan fingerprint density at radius 1 is 1.20 bits per heavy atom. The molecule has 0 radical (unpaired) electrons. The Bertz CT molecular complexity index is 533. The van der Waals surface area contributed by atoms with Crippen molar-refractivity contribution in [3.05, 3.63) is 23.8 Å². The average Bonchev–Trinajstić information content (AvgIpc) is 2.41. The number of benzene rings is 1. The zero-order chi connectivity index (χ0) is 14.8. The Morgan fingerprint density at radius 3 is 2.45 bits per heavy atom. The molecule has 1 aliphatic rings. The Morgan fingerprint density at radius 2 is 1.85 bits per heavy atom. The highest BCUT2D eigenvalue weighted by atomic mass is 16.4. The summed E-state index contributed by atoms with van der Waals surface area (Å²) in [4.78, 5) is 23.3. The molecule has 1 aromatic rings. The van der Waals surface area contributed by atoms with Gasteiger partial charge in [-0.1, -0.05) is 26.2 Å². The van der Waals surface area contributed by atoms with Crippen molar-refractivity contribution in [1.82, 2.24) is 0 Å². The summed E-state index contributed by atoms with van der Waals surface area (Å²) in [5.74, 6) is -1.61. The number of carboxylic acids is 1. The number of phenols is 1. The molecule has 0 spiro atoms. The van der Waals surface area contributed by atoms with Crippen LogP contribution in [0.2, 0.25) is 0 Å². The Labute approximate surface area is 117 Å². The maximum Gasteiger partial charge on any atom is 0.339 e. The molecule has 1 aliphatic carbocycles. The van der Waals surface area contributed by atoms with Crippen molar-refractivity contribution in [3.63, 3.8) is 0 Å². The minimum atomic E-state index is -1.22. The van der Waals surface area contributed by atoms with E-state index in [0.717, 1.165) is 32.1 Å². The number of aromatic hydroxyl groups is 1. The lowest BCUT2D eigenvalue weighted by atomic mass is 9.75. The van der Waals surface area contributed by atoms with Crippen molar-refractivity contribution < 1.29 is 19.8 Å². The van der Waals surface area contributed by atoms with Crippen molar-refractivity contribution in [1.29, 1.82) is 0 Å². The molecule has 1 fully saturated rings. The smallest absolute Gasteiger partial charge is 0.339 e. The zero-order valence-electron chi connectivity index (χ0n) is 11.5. The number of hydrogen-bond donors (Lipinski definition) is 3. The van der Waals surface area contributed by atoms with Crippen molar-refractivity contribution in [3.8, 4) is 5.75 Å². The van der Waals surface area contributed by atoms with Crippen LogP contribution in [0.4, 0.5) is 5.69 Å². The third-order valence-electron chi connectivity index (χ3n) is 3.99. The van der Waals surface area contributed by atoms with E-state index in [9.17, 15) is 14.7 Å². The summed E-state index contributed by atoms with van der Waals surface area (Å²) in [6.45, 7) is 1.94. The van der Waals surface area contributed by atoms with E-state index in [0.29, 0.717) is 5.69 Å². The molecule has 0 aromatic heterocycles. The third kappa shape index (κ3) is 2.92. The standard InChI is InChI=1S/C15H19NO4/c1-15(7-3-2-4-8-15)14(20)16-10-5-6-12(17)11(9-10)13(18)19/h5-6,9,17H,2-4,7-8H2,1H3,(H,16,20)(H,18,19). The SMILES string of the molecule is CC1(C(=O)Nc2ccc(O)c(C(=O)O)c2)CCCCC1. The van der Waals surface area contributed by atoms with Gasteiger partial charge in [-0.2, -0.15) is 0 Å². The molecule has 3 N–H and O–H groups in total. The molecule has 5 heteroatoms. The first-order valence-electron chi connectivity index (χ1n) is 6.80. The summed E-state index contributed by atoms with van der Waals surface area (Å²) in [6, 6.07) is 4.07. The second kappa shape index (κ2) is 5.53. The molecule has 0 saturated heterocycles. The molecule has 0 atom stereocenters. The molecule has 1 aromatic carbocycles. The van der Waals surface area contributed by atoms with Gasteiger partial charge in [-0.25, -0.2) is 4.79 Å². The maximum atomic E-state index is 12.3. The molecule has 5 nitrogen and oxygen atoms in total. The van der Waals surface area contributed by atoms with Gasteiger partial charge in [0.25, 0.3) is 0 Å². The van der Waals surface area contributed by atoms with Crippen LogP contribution in [-0.4, -0.2) is 22.1 Å². The highest BCUT2D eigenvalue weighted by Crippen LogP contribution is 2.37. The second-order valence-electron chi connectivity index (χ2n) is 5.61. The first-order chi connectivity index (χ1) is 9.42. The van der Waals surface area contributed by atoms with E-state index in [-0.39, 0.29) is 22.6 Å². The lowest BCUT2D eigenvalue weighted by Crippen LogP contribution is -2.35. The summed E-state index contributed by atoms with van der Waals surface area (Å²) in [5.41, 5.74) is -0.201. The van der Waals surface area contributed by atoms with E-state index in [2.05, 4.69) is 5.32 Å². The number of carboxylic acid groups (broad SMARTS) is 1. The highest BCUT2D eigenvalue weighted by molar-refractivity contribution is 5.97. The van der Waals surface area contributed by atoms with E-state index in [1.165, 1.54) is 18.2 Å². The largest absolute Gasteiger partial charge is 0.507 e. The molecule has 1 amide bonds. The van der Waals surface area contributed by atoms with Crippen LogP contribution in [0.5, 0.6) is 5.75 Å². The van der Waals surface area contributed by atoms with Crippen LogP contribution in [0.15, 0.2) is 18.2 Å². The van der Waals surface area contributed by atoms with Gasteiger partial charge in [0.05, 0.1) is 0 Å². The molecule has 2 rings (SSSR count). The molecule has 20 heavy (non-hydrogen) atoms. The van der Waals surface area contributed by atoms with Gasteiger partial charge in [0, 0.05) is 11.1 Å². The predicted octanol–water partition coefficient (Wildman–Crippen LogP) is 3.00. The molecule has 108 valence electrons. The van der Waals surface area contributed by atoms with Gasteiger partial charge in [0.15, 0.2) is 0 Å². The summed E-state index contributed by atoms with van der Waals surface area (Å²) < 4.78 is 0. The van der Waals surface area contributed by atoms with Crippen LogP contribution < -0.4 is 5.32 Å². The lowest BCUT2D eigenvalue weighted by Gasteiger charge is -2.32. The van der Waals surface area contributed by atoms with Crippen LogP contribution in [0.3, 0.4) is 0 Å². The lowest BCUT2D eigenvalue weighted by molar-refractivity contribution is -0.126. The number of aromatic carboxylic acids is 1. The predicted molar refractivity (Wildman–Crippen MR) is 74.9 cm³/mol. The number of anilines is 1. The molecular formula is C15H19NO4. The van der Waals surface area contributed by atoms with E-state index >= 15 is 0 Å². The number of rotatable bonds is 3. The molecule has 0 aliphatic heterocycles. The molecule has 1 saturated carbocycles. The van der Waals surface area contributed by atoms with E-state index < -0.39 is 5.97 Å². The van der Waals surface area contributed by atoms with Gasteiger partial charge in [-0.15, -0.1) is 0 Å². The van der Waals surface area contributed by atoms with Gasteiger partial charge >= 0.3 is 5.97 Å². The number of carbonyl (C=O) groups excluding carboxylic acids is 1. The van der Waals surface area contributed by atoms with E-state index in [1.807, 2.05) is 6.92 Å². The van der Waals surface area contributed by atoms with Crippen LogP contribution in [-0.2, 0) is 4.79 Å². The Hall–Kier alpha value is -2.04. The van der Waals surface area contributed by atoms with Crippen LogP contribution in [0.25, 0.3) is 0 Å². The van der Waals surface area contributed by atoms with Crippen molar-refractivity contribution in [2.45, 2.75) is 39.0 Å².